The Morgan fingerprint density at radius 3 is 2.43 bits per heavy atom. The molecule has 2 amide bonds. The highest BCUT2D eigenvalue weighted by Gasteiger charge is 2.25. The van der Waals surface area contributed by atoms with Crippen LogP contribution in [0, 0.1) is 0 Å². The Morgan fingerprint density at radius 2 is 1.93 bits per heavy atom. The summed E-state index contributed by atoms with van der Waals surface area (Å²) in [6, 6.07) is 0. The van der Waals surface area contributed by atoms with Crippen LogP contribution in [-0.2, 0) is 9.59 Å². The zero-order valence-electron chi connectivity index (χ0n) is 6.86. The summed E-state index contributed by atoms with van der Waals surface area (Å²) in [7, 11) is 0. The summed E-state index contributed by atoms with van der Waals surface area (Å²) in [5, 5.41) is 2.40. The standard InChI is InChI=1S/C6H5ClN4O2S/c7-5-6(10-14-9-5)11-1-3(12)8-4(13)2-11/h1-2H2,(H,8,12,13). The molecule has 1 aliphatic heterocycles. The van der Waals surface area contributed by atoms with Gasteiger partial charge in [0.2, 0.25) is 11.8 Å². The van der Waals surface area contributed by atoms with Gasteiger partial charge in [0.25, 0.3) is 0 Å². The second kappa shape index (κ2) is 3.50. The largest absolute Gasteiger partial charge is 0.335 e. The molecule has 2 rings (SSSR count). The molecule has 0 aliphatic carbocycles. The fraction of sp³-hybridized carbons (Fsp3) is 0.333. The zero-order chi connectivity index (χ0) is 10.1. The summed E-state index contributed by atoms with van der Waals surface area (Å²) in [4.78, 5) is 23.6. The fourth-order valence-corrected chi connectivity index (χ4v) is 1.93. The molecule has 8 heteroatoms. The third kappa shape index (κ3) is 1.68. The van der Waals surface area contributed by atoms with Gasteiger partial charge in [-0.2, -0.15) is 8.75 Å². The van der Waals surface area contributed by atoms with Crippen molar-refractivity contribution in [2.24, 2.45) is 0 Å². The first-order valence-electron chi connectivity index (χ1n) is 3.72. The number of nitrogens with zero attached hydrogens (tertiary/aromatic N) is 3. The maximum absolute atomic E-state index is 11.0. The third-order valence-corrected chi connectivity index (χ3v) is 2.55. The van der Waals surface area contributed by atoms with Gasteiger partial charge >= 0.3 is 0 Å². The van der Waals surface area contributed by atoms with Crippen LogP contribution >= 0.6 is 23.3 Å². The number of hydrogen-bond acceptors (Lipinski definition) is 6. The predicted molar refractivity (Wildman–Crippen MR) is 50.3 cm³/mol. The average Bonchev–Trinajstić information content (AvgIpc) is 2.49. The molecule has 0 bridgehead atoms. The Labute approximate surface area is 88.2 Å². The van der Waals surface area contributed by atoms with Crippen molar-refractivity contribution in [1.29, 1.82) is 0 Å². The number of nitrogens with one attached hydrogen (secondary N) is 1. The highest BCUT2D eigenvalue weighted by atomic mass is 35.5. The van der Waals surface area contributed by atoms with E-state index in [0.717, 1.165) is 11.7 Å². The number of aromatic nitrogens is 2. The lowest BCUT2D eigenvalue weighted by Gasteiger charge is -2.24. The van der Waals surface area contributed by atoms with Gasteiger partial charge in [-0.3, -0.25) is 14.9 Å². The number of imide groups is 1. The predicted octanol–water partition coefficient (Wildman–Crippen LogP) is -0.346. The van der Waals surface area contributed by atoms with Gasteiger partial charge < -0.3 is 4.90 Å². The summed E-state index contributed by atoms with van der Waals surface area (Å²) >= 11 is 6.67. The van der Waals surface area contributed by atoms with Crippen molar-refractivity contribution in [2.45, 2.75) is 0 Å². The van der Waals surface area contributed by atoms with Crippen LogP contribution in [-0.4, -0.2) is 33.7 Å². The van der Waals surface area contributed by atoms with E-state index in [1.165, 1.54) is 4.90 Å². The summed E-state index contributed by atoms with van der Waals surface area (Å²) < 4.78 is 7.65. The maximum Gasteiger partial charge on any atom is 0.246 e. The van der Waals surface area contributed by atoms with E-state index in [4.69, 9.17) is 11.6 Å². The number of carbonyl (C=O) groups is 2. The van der Waals surface area contributed by atoms with Crippen LogP contribution in [0.4, 0.5) is 5.82 Å². The molecule has 1 N–H and O–H groups in total. The number of amides is 2. The van der Waals surface area contributed by atoms with Crippen molar-refractivity contribution in [3.8, 4) is 0 Å². The van der Waals surface area contributed by atoms with E-state index in [1.807, 2.05) is 0 Å². The molecule has 1 fully saturated rings. The second-order valence-corrected chi connectivity index (χ2v) is 3.59. The average molecular weight is 233 g/mol. The van der Waals surface area contributed by atoms with E-state index < -0.39 is 0 Å². The summed E-state index contributed by atoms with van der Waals surface area (Å²) in [5.41, 5.74) is 0. The smallest absolute Gasteiger partial charge is 0.246 e. The molecular weight excluding hydrogens is 228 g/mol. The normalized spacial score (nSPS) is 17.1. The van der Waals surface area contributed by atoms with E-state index in [0.29, 0.717) is 5.82 Å². The first-order valence-corrected chi connectivity index (χ1v) is 4.83. The molecule has 0 aromatic carbocycles. The minimum atomic E-state index is -0.356. The van der Waals surface area contributed by atoms with Gasteiger partial charge in [0, 0.05) is 0 Å². The molecule has 0 saturated carbocycles. The summed E-state index contributed by atoms with van der Waals surface area (Å²) in [6.45, 7) is 0.160. The molecular formula is C6H5ClN4O2S. The van der Waals surface area contributed by atoms with Crippen molar-refractivity contribution in [3.05, 3.63) is 5.15 Å². The van der Waals surface area contributed by atoms with E-state index in [9.17, 15) is 9.59 Å². The number of rotatable bonds is 1. The minimum absolute atomic E-state index is 0.0802. The molecule has 0 radical (unpaired) electrons. The number of hydrogen-bond donors (Lipinski definition) is 1. The molecule has 1 aromatic heterocycles. The molecule has 1 saturated heterocycles. The Kier molecular flexibility index (Phi) is 2.34. The maximum atomic E-state index is 11.0. The molecule has 1 aliphatic rings. The second-order valence-electron chi connectivity index (χ2n) is 2.71. The Morgan fingerprint density at radius 1 is 1.29 bits per heavy atom. The van der Waals surface area contributed by atoms with Crippen LogP contribution < -0.4 is 10.2 Å². The van der Waals surface area contributed by atoms with Gasteiger partial charge in [-0.25, -0.2) is 0 Å². The first kappa shape index (κ1) is 9.35. The number of halogens is 1. The molecule has 6 nitrogen and oxygen atoms in total. The summed E-state index contributed by atoms with van der Waals surface area (Å²) in [5.74, 6) is -0.324. The van der Waals surface area contributed by atoms with E-state index >= 15 is 0 Å². The SMILES string of the molecule is O=C1CN(c2nsnc2Cl)CC(=O)N1. The quantitative estimate of drug-likeness (QED) is 0.670. The van der Waals surface area contributed by atoms with Crippen molar-refractivity contribution >= 4 is 41.0 Å². The lowest BCUT2D eigenvalue weighted by molar-refractivity contribution is -0.130. The molecule has 1 aromatic rings. The minimum Gasteiger partial charge on any atom is -0.335 e. The Balaban J connectivity index is 2.23. The van der Waals surface area contributed by atoms with Crippen LogP contribution in [0.25, 0.3) is 0 Å². The topological polar surface area (TPSA) is 75.2 Å². The van der Waals surface area contributed by atoms with Gasteiger partial charge in [0.05, 0.1) is 24.8 Å². The molecule has 74 valence electrons. The highest BCUT2D eigenvalue weighted by Crippen LogP contribution is 2.22. The van der Waals surface area contributed by atoms with Crippen LogP contribution in [0.3, 0.4) is 0 Å². The lowest BCUT2D eigenvalue weighted by Crippen LogP contribution is -2.51. The molecule has 0 spiro atoms. The first-order chi connectivity index (χ1) is 6.66. The molecule has 14 heavy (non-hydrogen) atoms. The van der Waals surface area contributed by atoms with Gasteiger partial charge in [-0.15, -0.1) is 0 Å². The Hall–Kier alpha value is -1.21. The lowest BCUT2D eigenvalue weighted by atomic mass is 10.3. The Bertz CT molecular complexity index is 377. The third-order valence-electron chi connectivity index (χ3n) is 1.68. The van der Waals surface area contributed by atoms with Crippen LogP contribution in [0.1, 0.15) is 0 Å². The van der Waals surface area contributed by atoms with Gasteiger partial charge in [0.15, 0.2) is 11.0 Å². The van der Waals surface area contributed by atoms with Crippen LogP contribution in [0.15, 0.2) is 0 Å². The van der Waals surface area contributed by atoms with Crippen molar-refractivity contribution < 1.29 is 9.59 Å². The van der Waals surface area contributed by atoms with Crippen molar-refractivity contribution in [3.63, 3.8) is 0 Å². The van der Waals surface area contributed by atoms with E-state index in [2.05, 4.69) is 14.1 Å². The molecule has 0 unspecified atom stereocenters. The monoisotopic (exact) mass is 232 g/mol. The number of carbonyl (C=O) groups excluding carboxylic acids is 2. The van der Waals surface area contributed by atoms with Gasteiger partial charge in [0.1, 0.15) is 0 Å². The van der Waals surface area contributed by atoms with E-state index in [1.54, 1.807) is 0 Å². The number of piperazine rings is 1. The zero-order valence-corrected chi connectivity index (χ0v) is 8.43. The number of anilines is 1. The van der Waals surface area contributed by atoms with E-state index in [-0.39, 0.29) is 30.1 Å². The fourth-order valence-electron chi connectivity index (χ4n) is 1.15. The van der Waals surface area contributed by atoms with Crippen molar-refractivity contribution in [1.82, 2.24) is 14.1 Å². The van der Waals surface area contributed by atoms with Crippen LogP contribution in [0.2, 0.25) is 5.15 Å². The molecule has 2 heterocycles. The van der Waals surface area contributed by atoms with Gasteiger partial charge in [-0.1, -0.05) is 11.6 Å². The van der Waals surface area contributed by atoms with Crippen molar-refractivity contribution in [2.75, 3.05) is 18.0 Å². The highest BCUT2D eigenvalue weighted by molar-refractivity contribution is 6.99. The van der Waals surface area contributed by atoms with Crippen LogP contribution in [0.5, 0.6) is 0 Å². The molecule has 0 atom stereocenters. The van der Waals surface area contributed by atoms with Gasteiger partial charge in [-0.05, 0) is 0 Å². The summed E-state index contributed by atoms with van der Waals surface area (Å²) in [6.07, 6.45) is 0.